The van der Waals surface area contributed by atoms with Gasteiger partial charge in [0, 0.05) is 18.3 Å². The first-order chi connectivity index (χ1) is 9.61. The molecule has 2 rings (SSSR count). The molecule has 102 valence electrons. The number of hydrogen-bond donors (Lipinski definition) is 1. The fraction of sp³-hybridized carbons (Fsp3) is 0.267. The third kappa shape index (κ3) is 3.04. The number of aromatic nitrogens is 2. The molecule has 5 nitrogen and oxygen atoms in total. The monoisotopic (exact) mass is 267 g/mol. The average Bonchev–Trinajstić information content (AvgIpc) is 2.44. The van der Waals surface area contributed by atoms with Crippen molar-refractivity contribution in [2.24, 2.45) is 0 Å². The topological polar surface area (TPSA) is 78.8 Å². The standard InChI is InChI=1S/C15H17N5/c1-11(2)20(10-12-4-3-5-14(17)8-12)15-13(9-16)6-7-18-19-15/h3-8,11H,10,17H2,1-2H3. The Labute approximate surface area is 118 Å². The van der Waals surface area contributed by atoms with Crippen molar-refractivity contribution >= 4 is 11.5 Å². The third-order valence-electron chi connectivity index (χ3n) is 3.02. The molecule has 0 aliphatic heterocycles. The van der Waals surface area contributed by atoms with E-state index in [9.17, 15) is 5.26 Å². The summed E-state index contributed by atoms with van der Waals surface area (Å²) in [6, 6.07) is 11.7. The van der Waals surface area contributed by atoms with Gasteiger partial charge in [-0.15, -0.1) is 5.10 Å². The third-order valence-corrected chi connectivity index (χ3v) is 3.02. The Morgan fingerprint density at radius 1 is 1.35 bits per heavy atom. The van der Waals surface area contributed by atoms with Gasteiger partial charge in [-0.3, -0.25) is 0 Å². The molecule has 20 heavy (non-hydrogen) atoms. The molecule has 2 aromatic rings. The molecule has 0 aliphatic rings. The van der Waals surface area contributed by atoms with Crippen LogP contribution in [0.1, 0.15) is 25.0 Å². The van der Waals surface area contributed by atoms with Crippen LogP contribution in [0.15, 0.2) is 36.5 Å². The Kier molecular flexibility index (Phi) is 4.16. The number of nitrogens with two attached hydrogens (primary N) is 1. The van der Waals surface area contributed by atoms with E-state index in [0.29, 0.717) is 17.9 Å². The molecule has 1 aromatic carbocycles. The summed E-state index contributed by atoms with van der Waals surface area (Å²) in [6.45, 7) is 4.75. The summed E-state index contributed by atoms with van der Waals surface area (Å²) in [4.78, 5) is 2.04. The number of nitriles is 1. The first-order valence-electron chi connectivity index (χ1n) is 6.44. The second kappa shape index (κ2) is 6.02. The normalized spacial score (nSPS) is 10.3. The van der Waals surface area contributed by atoms with E-state index < -0.39 is 0 Å². The number of hydrogen-bond acceptors (Lipinski definition) is 5. The molecule has 0 unspecified atom stereocenters. The molecule has 0 amide bonds. The van der Waals surface area contributed by atoms with E-state index in [0.717, 1.165) is 11.3 Å². The maximum absolute atomic E-state index is 9.19. The van der Waals surface area contributed by atoms with Gasteiger partial charge in [0.25, 0.3) is 0 Å². The van der Waals surface area contributed by atoms with Crippen LogP contribution < -0.4 is 10.6 Å². The van der Waals surface area contributed by atoms with E-state index in [1.165, 1.54) is 6.20 Å². The van der Waals surface area contributed by atoms with E-state index in [2.05, 4.69) is 30.1 Å². The maximum Gasteiger partial charge on any atom is 0.169 e. The van der Waals surface area contributed by atoms with Crippen molar-refractivity contribution in [1.29, 1.82) is 5.26 Å². The summed E-state index contributed by atoms with van der Waals surface area (Å²) in [7, 11) is 0. The summed E-state index contributed by atoms with van der Waals surface area (Å²) in [5.41, 5.74) is 8.14. The molecule has 0 saturated heterocycles. The summed E-state index contributed by atoms with van der Waals surface area (Å²) >= 11 is 0. The van der Waals surface area contributed by atoms with Gasteiger partial charge in [-0.1, -0.05) is 12.1 Å². The highest BCUT2D eigenvalue weighted by Crippen LogP contribution is 2.21. The van der Waals surface area contributed by atoms with Crippen molar-refractivity contribution in [2.45, 2.75) is 26.4 Å². The van der Waals surface area contributed by atoms with Crippen LogP contribution in [0.4, 0.5) is 11.5 Å². The van der Waals surface area contributed by atoms with Crippen LogP contribution in [0, 0.1) is 11.3 Å². The van der Waals surface area contributed by atoms with Crippen molar-refractivity contribution in [3.05, 3.63) is 47.7 Å². The lowest BCUT2D eigenvalue weighted by atomic mass is 10.1. The Hall–Kier alpha value is -2.61. The first-order valence-corrected chi connectivity index (χ1v) is 6.44. The lowest BCUT2D eigenvalue weighted by Gasteiger charge is -2.28. The predicted octanol–water partition coefficient (Wildman–Crippen LogP) is 2.35. The van der Waals surface area contributed by atoms with Crippen LogP contribution >= 0.6 is 0 Å². The Balaban J connectivity index is 2.35. The molecule has 1 heterocycles. The Morgan fingerprint density at radius 2 is 2.15 bits per heavy atom. The fourth-order valence-electron chi connectivity index (χ4n) is 2.01. The van der Waals surface area contributed by atoms with Gasteiger partial charge < -0.3 is 10.6 Å². The van der Waals surface area contributed by atoms with E-state index in [-0.39, 0.29) is 6.04 Å². The second-order valence-electron chi connectivity index (χ2n) is 4.85. The van der Waals surface area contributed by atoms with Crippen LogP contribution in [0.2, 0.25) is 0 Å². The van der Waals surface area contributed by atoms with Crippen LogP contribution in [0.5, 0.6) is 0 Å². The Morgan fingerprint density at radius 3 is 2.80 bits per heavy atom. The van der Waals surface area contributed by atoms with Crippen LogP contribution in [-0.2, 0) is 6.54 Å². The lowest BCUT2D eigenvalue weighted by molar-refractivity contribution is 0.665. The van der Waals surface area contributed by atoms with E-state index in [1.54, 1.807) is 6.07 Å². The van der Waals surface area contributed by atoms with Gasteiger partial charge in [0.1, 0.15) is 6.07 Å². The maximum atomic E-state index is 9.19. The highest BCUT2D eigenvalue weighted by molar-refractivity contribution is 5.54. The van der Waals surface area contributed by atoms with Crippen molar-refractivity contribution in [1.82, 2.24) is 10.2 Å². The molecule has 0 radical (unpaired) electrons. The van der Waals surface area contributed by atoms with E-state index >= 15 is 0 Å². The van der Waals surface area contributed by atoms with Gasteiger partial charge in [0.2, 0.25) is 0 Å². The molecule has 1 aromatic heterocycles. The second-order valence-corrected chi connectivity index (χ2v) is 4.85. The molecule has 2 N–H and O–H groups in total. The fourth-order valence-corrected chi connectivity index (χ4v) is 2.01. The van der Waals surface area contributed by atoms with Gasteiger partial charge in [-0.25, -0.2) is 0 Å². The molecule has 0 saturated carbocycles. The van der Waals surface area contributed by atoms with Gasteiger partial charge in [0.05, 0.1) is 11.8 Å². The Bertz CT molecular complexity index is 630. The number of nitrogens with zero attached hydrogens (tertiary/aromatic N) is 4. The predicted molar refractivity (Wildman–Crippen MR) is 78.9 cm³/mol. The SMILES string of the molecule is CC(C)N(Cc1cccc(N)c1)c1nnccc1C#N. The van der Waals surface area contributed by atoms with Crippen LogP contribution in [0.25, 0.3) is 0 Å². The largest absolute Gasteiger partial charge is 0.399 e. The molecule has 0 bridgehead atoms. The van der Waals surface area contributed by atoms with E-state index in [1.807, 2.05) is 29.2 Å². The average molecular weight is 267 g/mol. The number of nitrogen functional groups attached to an aromatic ring is 1. The molecule has 0 spiro atoms. The minimum absolute atomic E-state index is 0.195. The minimum Gasteiger partial charge on any atom is -0.399 e. The number of anilines is 2. The lowest BCUT2D eigenvalue weighted by Crippen LogP contribution is -2.31. The molecule has 5 heteroatoms. The zero-order chi connectivity index (χ0) is 14.5. The first kappa shape index (κ1) is 13.8. The zero-order valence-electron chi connectivity index (χ0n) is 11.6. The van der Waals surface area contributed by atoms with Crippen LogP contribution in [-0.4, -0.2) is 16.2 Å². The minimum atomic E-state index is 0.195. The van der Waals surface area contributed by atoms with Gasteiger partial charge >= 0.3 is 0 Å². The zero-order valence-corrected chi connectivity index (χ0v) is 11.6. The highest BCUT2D eigenvalue weighted by atomic mass is 15.3. The van der Waals surface area contributed by atoms with Gasteiger partial charge in [-0.05, 0) is 37.6 Å². The molecule has 0 atom stereocenters. The van der Waals surface area contributed by atoms with Crippen molar-refractivity contribution in [2.75, 3.05) is 10.6 Å². The van der Waals surface area contributed by atoms with Crippen molar-refractivity contribution in [3.8, 4) is 6.07 Å². The van der Waals surface area contributed by atoms with Crippen molar-refractivity contribution in [3.63, 3.8) is 0 Å². The van der Waals surface area contributed by atoms with Gasteiger partial charge in [0.15, 0.2) is 5.82 Å². The number of rotatable bonds is 4. The van der Waals surface area contributed by atoms with Gasteiger partial charge in [-0.2, -0.15) is 10.4 Å². The quantitative estimate of drug-likeness (QED) is 0.860. The number of benzene rings is 1. The van der Waals surface area contributed by atoms with Crippen LogP contribution in [0.3, 0.4) is 0 Å². The van der Waals surface area contributed by atoms with Crippen molar-refractivity contribution < 1.29 is 0 Å². The van der Waals surface area contributed by atoms with E-state index in [4.69, 9.17) is 5.73 Å². The summed E-state index contributed by atoms with van der Waals surface area (Å²) in [6.07, 6.45) is 1.53. The molecule has 0 aliphatic carbocycles. The molecular formula is C15H17N5. The summed E-state index contributed by atoms with van der Waals surface area (Å²) < 4.78 is 0. The highest BCUT2D eigenvalue weighted by Gasteiger charge is 2.17. The summed E-state index contributed by atoms with van der Waals surface area (Å²) in [5.74, 6) is 0.604. The summed E-state index contributed by atoms with van der Waals surface area (Å²) in [5, 5.41) is 17.2. The smallest absolute Gasteiger partial charge is 0.169 e. The molecular weight excluding hydrogens is 250 g/mol. The molecule has 0 fully saturated rings.